The van der Waals surface area contributed by atoms with Crippen molar-refractivity contribution in [1.29, 1.82) is 0 Å². The van der Waals surface area contributed by atoms with Crippen molar-refractivity contribution in [2.75, 3.05) is 11.9 Å². The number of hydroxylamine groups is 1. The standard InChI is InChI=1S/C10H11N3O5/c11-10(17)12-7-3-1-6(2-4-7)9(16)13-18-5-8(14)15/h1-4H,5H2,(H,13,16)(H,14,15)(H3,11,12,17). The molecule has 1 aromatic carbocycles. The first-order valence-electron chi connectivity index (χ1n) is 4.79. The smallest absolute Gasteiger partial charge is 0.332 e. The molecule has 0 bridgehead atoms. The van der Waals surface area contributed by atoms with Gasteiger partial charge < -0.3 is 16.2 Å². The Morgan fingerprint density at radius 1 is 1.22 bits per heavy atom. The summed E-state index contributed by atoms with van der Waals surface area (Å²) in [6.07, 6.45) is 0. The molecule has 0 unspecified atom stereocenters. The number of benzene rings is 1. The topological polar surface area (TPSA) is 131 Å². The highest BCUT2D eigenvalue weighted by Crippen LogP contribution is 2.08. The summed E-state index contributed by atoms with van der Waals surface area (Å²) < 4.78 is 0. The number of carboxylic acids is 1. The molecular weight excluding hydrogens is 242 g/mol. The number of hydrogen-bond donors (Lipinski definition) is 4. The van der Waals surface area contributed by atoms with Gasteiger partial charge in [0.2, 0.25) is 0 Å². The van der Waals surface area contributed by atoms with Crippen molar-refractivity contribution in [1.82, 2.24) is 5.48 Å². The summed E-state index contributed by atoms with van der Waals surface area (Å²) in [6.45, 7) is -0.632. The summed E-state index contributed by atoms with van der Waals surface area (Å²) in [4.78, 5) is 36.5. The van der Waals surface area contributed by atoms with Gasteiger partial charge in [-0.05, 0) is 24.3 Å². The van der Waals surface area contributed by atoms with Crippen molar-refractivity contribution in [3.63, 3.8) is 0 Å². The number of amides is 3. The SMILES string of the molecule is NC(=O)Nc1ccc(C(=O)NOCC(=O)O)cc1. The molecule has 1 aromatic rings. The van der Waals surface area contributed by atoms with Crippen LogP contribution in [-0.4, -0.2) is 29.6 Å². The van der Waals surface area contributed by atoms with Gasteiger partial charge in [0.1, 0.15) is 0 Å². The van der Waals surface area contributed by atoms with E-state index >= 15 is 0 Å². The first-order chi connectivity index (χ1) is 8.49. The zero-order valence-electron chi connectivity index (χ0n) is 9.17. The molecular formula is C10H11N3O5. The number of nitrogens with two attached hydrogens (primary N) is 1. The zero-order chi connectivity index (χ0) is 13.5. The lowest BCUT2D eigenvalue weighted by atomic mass is 10.2. The average Bonchev–Trinajstić information content (AvgIpc) is 2.28. The molecule has 0 saturated heterocycles. The lowest BCUT2D eigenvalue weighted by Crippen LogP contribution is -2.26. The molecule has 96 valence electrons. The molecule has 0 fully saturated rings. The largest absolute Gasteiger partial charge is 0.479 e. The maximum Gasteiger partial charge on any atom is 0.332 e. The maximum atomic E-state index is 11.4. The minimum atomic E-state index is -1.20. The van der Waals surface area contributed by atoms with Crippen LogP contribution in [-0.2, 0) is 9.63 Å². The zero-order valence-corrected chi connectivity index (χ0v) is 9.17. The number of carbonyl (C=O) groups excluding carboxylic acids is 2. The molecule has 5 N–H and O–H groups in total. The Labute approximate surface area is 102 Å². The number of carbonyl (C=O) groups is 3. The fourth-order valence-electron chi connectivity index (χ4n) is 1.07. The van der Waals surface area contributed by atoms with Crippen molar-refractivity contribution in [2.24, 2.45) is 5.73 Å². The Bertz CT molecular complexity index is 457. The van der Waals surface area contributed by atoms with Crippen LogP contribution in [0.2, 0.25) is 0 Å². The van der Waals surface area contributed by atoms with Crippen LogP contribution in [0.5, 0.6) is 0 Å². The average molecular weight is 253 g/mol. The summed E-state index contributed by atoms with van der Waals surface area (Å²) in [5.74, 6) is -1.79. The maximum absolute atomic E-state index is 11.4. The summed E-state index contributed by atoms with van der Waals surface area (Å²) in [5, 5.41) is 10.6. The number of rotatable bonds is 5. The number of hydrogen-bond acceptors (Lipinski definition) is 4. The van der Waals surface area contributed by atoms with E-state index < -0.39 is 24.5 Å². The number of urea groups is 1. The van der Waals surface area contributed by atoms with E-state index in [1.54, 1.807) is 0 Å². The van der Waals surface area contributed by atoms with Crippen molar-refractivity contribution in [3.05, 3.63) is 29.8 Å². The van der Waals surface area contributed by atoms with Gasteiger partial charge in [-0.25, -0.2) is 15.1 Å². The fraction of sp³-hybridized carbons (Fsp3) is 0.100. The molecule has 18 heavy (non-hydrogen) atoms. The van der Waals surface area contributed by atoms with Gasteiger partial charge in [0.05, 0.1) is 0 Å². The number of anilines is 1. The lowest BCUT2D eigenvalue weighted by Gasteiger charge is -2.05. The number of primary amides is 1. The lowest BCUT2D eigenvalue weighted by molar-refractivity contribution is -0.144. The van der Waals surface area contributed by atoms with Crippen LogP contribution in [0, 0.1) is 0 Å². The van der Waals surface area contributed by atoms with Gasteiger partial charge >= 0.3 is 12.0 Å². The molecule has 0 aliphatic carbocycles. The van der Waals surface area contributed by atoms with Gasteiger partial charge in [-0.15, -0.1) is 0 Å². The molecule has 0 aromatic heterocycles. The fourth-order valence-corrected chi connectivity index (χ4v) is 1.07. The highest BCUT2D eigenvalue weighted by atomic mass is 16.7. The molecule has 1 rings (SSSR count). The first kappa shape index (κ1) is 13.5. The summed E-state index contributed by atoms with van der Waals surface area (Å²) in [7, 11) is 0. The second-order valence-electron chi connectivity index (χ2n) is 3.18. The summed E-state index contributed by atoms with van der Waals surface area (Å²) in [6, 6.07) is 5.07. The van der Waals surface area contributed by atoms with Gasteiger partial charge in [0.25, 0.3) is 5.91 Å². The molecule has 8 heteroatoms. The Balaban J connectivity index is 2.53. The number of nitrogens with one attached hydrogen (secondary N) is 2. The van der Waals surface area contributed by atoms with Crippen LogP contribution in [0.1, 0.15) is 10.4 Å². The van der Waals surface area contributed by atoms with E-state index in [0.717, 1.165) is 0 Å². The normalized spacial score (nSPS) is 9.56. The van der Waals surface area contributed by atoms with Gasteiger partial charge in [0.15, 0.2) is 6.61 Å². The number of aliphatic carboxylic acids is 1. The van der Waals surface area contributed by atoms with E-state index in [-0.39, 0.29) is 5.56 Å². The molecule has 0 atom stereocenters. The van der Waals surface area contributed by atoms with Crippen molar-refractivity contribution >= 4 is 23.6 Å². The van der Waals surface area contributed by atoms with E-state index in [1.807, 2.05) is 5.48 Å². The van der Waals surface area contributed by atoms with Crippen LogP contribution in [0.4, 0.5) is 10.5 Å². The summed E-state index contributed by atoms with van der Waals surface area (Å²) in [5.41, 5.74) is 7.55. The first-order valence-corrected chi connectivity index (χ1v) is 4.79. The molecule has 0 radical (unpaired) electrons. The highest BCUT2D eigenvalue weighted by Gasteiger charge is 2.06. The Morgan fingerprint density at radius 2 is 1.83 bits per heavy atom. The van der Waals surface area contributed by atoms with Crippen LogP contribution in [0.25, 0.3) is 0 Å². The van der Waals surface area contributed by atoms with E-state index in [0.29, 0.717) is 5.69 Å². The van der Waals surface area contributed by atoms with Crippen LogP contribution in [0.3, 0.4) is 0 Å². The van der Waals surface area contributed by atoms with Crippen LogP contribution in [0.15, 0.2) is 24.3 Å². The molecule has 0 spiro atoms. The second kappa shape index (κ2) is 6.21. The molecule has 0 heterocycles. The third-order valence-electron chi connectivity index (χ3n) is 1.78. The van der Waals surface area contributed by atoms with Gasteiger partial charge in [-0.3, -0.25) is 9.63 Å². The molecule has 0 aliphatic heterocycles. The Morgan fingerprint density at radius 3 is 2.33 bits per heavy atom. The van der Waals surface area contributed by atoms with Crippen molar-refractivity contribution in [2.45, 2.75) is 0 Å². The minimum absolute atomic E-state index is 0.246. The predicted molar refractivity (Wildman–Crippen MR) is 60.7 cm³/mol. The van der Waals surface area contributed by atoms with Gasteiger partial charge in [-0.2, -0.15) is 0 Å². The third-order valence-corrected chi connectivity index (χ3v) is 1.78. The van der Waals surface area contributed by atoms with E-state index in [4.69, 9.17) is 10.8 Å². The van der Waals surface area contributed by atoms with Gasteiger partial charge in [-0.1, -0.05) is 0 Å². The molecule has 3 amide bonds. The van der Waals surface area contributed by atoms with E-state index in [9.17, 15) is 14.4 Å². The molecule has 8 nitrogen and oxygen atoms in total. The molecule has 0 aliphatic rings. The second-order valence-corrected chi connectivity index (χ2v) is 3.18. The quantitative estimate of drug-likeness (QED) is 0.545. The predicted octanol–water partition coefficient (Wildman–Crippen LogP) is -0.0768. The van der Waals surface area contributed by atoms with E-state index in [2.05, 4.69) is 10.2 Å². The molecule has 0 saturated carbocycles. The highest BCUT2D eigenvalue weighted by molar-refractivity contribution is 5.94. The van der Waals surface area contributed by atoms with Crippen LogP contribution < -0.4 is 16.5 Å². The minimum Gasteiger partial charge on any atom is -0.479 e. The monoisotopic (exact) mass is 253 g/mol. The van der Waals surface area contributed by atoms with Crippen molar-refractivity contribution < 1.29 is 24.3 Å². The third kappa shape index (κ3) is 4.49. The summed E-state index contributed by atoms with van der Waals surface area (Å²) >= 11 is 0. The number of carboxylic acid groups (broad SMARTS) is 1. The Kier molecular flexibility index (Phi) is 4.64. The Hall–Kier alpha value is -2.61. The van der Waals surface area contributed by atoms with Gasteiger partial charge in [0, 0.05) is 11.3 Å². The van der Waals surface area contributed by atoms with Crippen molar-refractivity contribution in [3.8, 4) is 0 Å². The van der Waals surface area contributed by atoms with E-state index in [1.165, 1.54) is 24.3 Å². The van der Waals surface area contributed by atoms with Crippen LogP contribution >= 0.6 is 0 Å².